The smallest absolute Gasteiger partial charge is 0.216 e. The van der Waals surface area contributed by atoms with Gasteiger partial charge in [-0.15, -0.1) is 17.9 Å². The number of anilines is 1. The minimum atomic E-state index is -1.40. The number of thiazole rings is 1. The van der Waals surface area contributed by atoms with Crippen molar-refractivity contribution in [1.29, 1.82) is 0 Å². The first kappa shape index (κ1) is 42.8. The van der Waals surface area contributed by atoms with E-state index in [1.165, 1.54) is 45.3 Å². The standard InChI is InChI=1S/C37H57N3O7S/c1-11-18-39-35-40-28(23-48-35)20-25(3)26(4)21-30(42)36(6,7)17-14-15-24(2)33(45)29(16-12-13-19-38-27(5)41)34(46)37(8,9)31(43)22-32(44)47-10/h11,16,20,23,26,31-32,43-44H,1-2,12-15,17-19,21-22H2,3-10H3,(H,38,41)(H,39,40)/b25-20+,29-16+/t26-,31-,32?/m0/s1. The number of nitrogens with one attached hydrogen (secondary N) is 2. The average molecular weight is 688 g/mol. The average Bonchev–Trinajstić information content (AvgIpc) is 3.47. The van der Waals surface area contributed by atoms with Gasteiger partial charge in [0.25, 0.3) is 0 Å². The Morgan fingerprint density at radius 2 is 1.79 bits per heavy atom. The number of unbranched alkanes of at least 4 members (excludes halogenated alkanes) is 1. The molecule has 1 heterocycles. The lowest BCUT2D eigenvalue weighted by Gasteiger charge is -2.31. The van der Waals surface area contributed by atoms with Crippen LogP contribution in [0.25, 0.3) is 6.08 Å². The molecule has 4 N–H and O–H groups in total. The van der Waals surface area contributed by atoms with Crippen molar-refractivity contribution in [2.24, 2.45) is 16.7 Å². The zero-order valence-electron chi connectivity index (χ0n) is 30.1. The van der Waals surface area contributed by atoms with Gasteiger partial charge in [-0.25, -0.2) is 4.98 Å². The van der Waals surface area contributed by atoms with Gasteiger partial charge < -0.3 is 25.6 Å². The normalized spacial score (nSPS) is 14.5. The molecule has 48 heavy (non-hydrogen) atoms. The number of ether oxygens (including phenoxy) is 1. The number of ketones is 3. The summed E-state index contributed by atoms with van der Waals surface area (Å²) in [6.07, 6.45) is 5.10. The number of nitrogens with zero attached hydrogens (tertiary/aromatic N) is 1. The molecule has 0 bridgehead atoms. The molecule has 0 aliphatic heterocycles. The molecule has 0 saturated heterocycles. The van der Waals surface area contributed by atoms with Crippen LogP contribution in [0.4, 0.5) is 5.13 Å². The topological polar surface area (TPSA) is 155 Å². The molecule has 0 spiro atoms. The zero-order chi connectivity index (χ0) is 36.7. The minimum Gasteiger partial charge on any atom is -0.392 e. The van der Waals surface area contributed by atoms with E-state index in [-0.39, 0.29) is 41.6 Å². The second-order valence-electron chi connectivity index (χ2n) is 13.6. The lowest BCUT2D eigenvalue weighted by Crippen LogP contribution is -2.41. The van der Waals surface area contributed by atoms with Gasteiger partial charge in [-0.05, 0) is 56.6 Å². The van der Waals surface area contributed by atoms with Gasteiger partial charge >= 0.3 is 0 Å². The van der Waals surface area contributed by atoms with E-state index in [4.69, 9.17) is 4.74 Å². The van der Waals surface area contributed by atoms with Crippen LogP contribution < -0.4 is 10.6 Å². The molecule has 268 valence electrons. The number of Topliss-reactive ketones (excluding diaryl/α,β-unsaturated/α-hetero) is 3. The van der Waals surface area contributed by atoms with Crippen LogP contribution in [0.15, 0.2) is 47.4 Å². The van der Waals surface area contributed by atoms with Gasteiger partial charge in [0, 0.05) is 50.8 Å². The first-order chi connectivity index (χ1) is 22.4. The highest BCUT2D eigenvalue weighted by Crippen LogP contribution is 2.33. The SMILES string of the molecule is C=CCNc1nc(/C=C(\C)[C@@H](C)CC(=O)C(C)(C)CCCC(=C)C(=O)/C(=C\CCCNC(C)=O)C(=O)C(C)(C)[C@@H](O)CC(O)OC)cs1. The predicted molar refractivity (Wildman–Crippen MR) is 193 cm³/mol. The Morgan fingerprint density at radius 3 is 2.40 bits per heavy atom. The highest BCUT2D eigenvalue weighted by molar-refractivity contribution is 7.13. The molecule has 1 aromatic rings. The number of rotatable bonds is 24. The van der Waals surface area contributed by atoms with Crippen molar-refractivity contribution >= 4 is 45.8 Å². The summed E-state index contributed by atoms with van der Waals surface area (Å²) < 4.78 is 4.83. The summed E-state index contributed by atoms with van der Waals surface area (Å²) in [5.74, 6) is -1.12. The first-order valence-electron chi connectivity index (χ1n) is 16.5. The molecule has 3 atom stereocenters. The zero-order valence-corrected chi connectivity index (χ0v) is 30.9. The van der Waals surface area contributed by atoms with Crippen LogP contribution in [0.1, 0.15) is 99.1 Å². The summed E-state index contributed by atoms with van der Waals surface area (Å²) in [5.41, 5.74) is 0.0155. The maximum atomic E-state index is 13.7. The molecular formula is C37H57N3O7S. The number of allylic oxidation sites excluding steroid dienone is 4. The van der Waals surface area contributed by atoms with E-state index in [0.717, 1.165) is 16.4 Å². The van der Waals surface area contributed by atoms with Crippen molar-refractivity contribution in [2.45, 2.75) is 106 Å². The summed E-state index contributed by atoms with van der Waals surface area (Å²) in [5, 5.41) is 29.3. The quantitative estimate of drug-likeness (QED) is 0.0248. The number of aliphatic hydroxyl groups excluding tert-OH is 2. The molecule has 0 radical (unpaired) electrons. The molecule has 0 saturated carbocycles. The van der Waals surface area contributed by atoms with Gasteiger partial charge in [0.05, 0.1) is 22.8 Å². The van der Waals surface area contributed by atoms with Crippen LogP contribution in [-0.4, -0.2) is 71.0 Å². The Kier molecular flexibility index (Phi) is 18.1. The van der Waals surface area contributed by atoms with E-state index in [1.807, 2.05) is 39.2 Å². The Morgan fingerprint density at radius 1 is 1.12 bits per heavy atom. The molecule has 0 aromatic carbocycles. The highest BCUT2D eigenvalue weighted by atomic mass is 32.1. The predicted octanol–water partition coefficient (Wildman–Crippen LogP) is 6.22. The van der Waals surface area contributed by atoms with Crippen molar-refractivity contribution in [3.05, 3.63) is 53.1 Å². The molecular weight excluding hydrogens is 630 g/mol. The van der Waals surface area contributed by atoms with Gasteiger partial charge in [-0.2, -0.15) is 0 Å². The fourth-order valence-electron chi connectivity index (χ4n) is 4.85. The van der Waals surface area contributed by atoms with E-state index in [1.54, 1.807) is 6.08 Å². The van der Waals surface area contributed by atoms with Gasteiger partial charge in [0.1, 0.15) is 5.78 Å². The molecule has 0 aliphatic carbocycles. The van der Waals surface area contributed by atoms with E-state index in [0.29, 0.717) is 45.2 Å². The Hall–Kier alpha value is -3.25. The summed E-state index contributed by atoms with van der Waals surface area (Å²) in [7, 11) is 1.29. The monoisotopic (exact) mass is 687 g/mol. The fraction of sp³-hybridized carbons (Fsp3) is 0.595. The van der Waals surface area contributed by atoms with E-state index in [9.17, 15) is 29.4 Å². The second-order valence-corrected chi connectivity index (χ2v) is 14.4. The Bertz CT molecular complexity index is 1340. The van der Waals surface area contributed by atoms with Crippen LogP contribution in [0, 0.1) is 16.7 Å². The van der Waals surface area contributed by atoms with Crippen molar-refractivity contribution < 1.29 is 34.1 Å². The van der Waals surface area contributed by atoms with E-state index < -0.39 is 34.8 Å². The molecule has 1 rings (SSSR count). The van der Waals surface area contributed by atoms with E-state index >= 15 is 0 Å². The van der Waals surface area contributed by atoms with Gasteiger partial charge in [0.15, 0.2) is 23.0 Å². The fourth-order valence-corrected chi connectivity index (χ4v) is 5.53. The minimum absolute atomic E-state index is 0.0210. The maximum absolute atomic E-state index is 13.7. The second kappa shape index (κ2) is 20.3. The van der Waals surface area contributed by atoms with Gasteiger partial charge in [-0.1, -0.05) is 58.9 Å². The number of carbonyl (C=O) groups excluding carboxylic acids is 4. The molecule has 0 aliphatic rings. The van der Waals surface area contributed by atoms with Gasteiger partial charge in [-0.3, -0.25) is 19.2 Å². The third kappa shape index (κ3) is 14.1. The number of aromatic nitrogens is 1. The molecule has 1 amide bonds. The molecule has 1 aromatic heterocycles. The van der Waals surface area contributed by atoms with Crippen LogP contribution in [0.3, 0.4) is 0 Å². The molecule has 1 unspecified atom stereocenters. The Labute approximate surface area is 290 Å². The third-order valence-electron chi connectivity index (χ3n) is 8.63. The van der Waals surface area contributed by atoms with Crippen molar-refractivity contribution in [3.8, 4) is 0 Å². The van der Waals surface area contributed by atoms with Crippen LogP contribution in [0.5, 0.6) is 0 Å². The number of hydrogen-bond donors (Lipinski definition) is 4. The summed E-state index contributed by atoms with van der Waals surface area (Å²) in [6.45, 7) is 21.0. The van der Waals surface area contributed by atoms with Crippen molar-refractivity contribution in [2.75, 3.05) is 25.5 Å². The number of aliphatic hydroxyl groups is 2. The van der Waals surface area contributed by atoms with Crippen molar-refractivity contribution in [1.82, 2.24) is 10.3 Å². The van der Waals surface area contributed by atoms with Crippen LogP contribution in [-0.2, 0) is 23.9 Å². The number of carbonyl (C=O) groups is 4. The number of amides is 1. The molecule has 10 nitrogen and oxygen atoms in total. The maximum Gasteiger partial charge on any atom is 0.216 e. The summed E-state index contributed by atoms with van der Waals surface area (Å²) >= 11 is 1.52. The van der Waals surface area contributed by atoms with Gasteiger partial charge in [0.2, 0.25) is 5.91 Å². The molecule has 0 fully saturated rings. The van der Waals surface area contributed by atoms with Crippen molar-refractivity contribution in [3.63, 3.8) is 0 Å². The highest BCUT2D eigenvalue weighted by Gasteiger charge is 2.40. The van der Waals surface area contributed by atoms with Crippen LogP contribution >= 0.6 is 11.3 Å². The first-order valence-corrected chi connectivity index (χ1v) is 17.4. The third-order valence-corrected chi connectivity index (χ3v) is 9.45. The number of hydrogen-bond acceptors (Lipinski definition) is 10. The largest absolute Gasteiger partial charge is 0.392 e. The number of methoxy groups -OCH3 is 1. The van der Waals surface area contributed by atoms with Crippen LogP contribution in [0.2, 0.25) is 0 Å². The lowest BCUT2D eigenvalue weighted by atomic mass is 9.75. The van der Waals surface area contributed by atoms with E-state index in [2.05, 4.69) is 28.8 Å². The molecule has 11 heteroatoms. The summed E-state index contributed by atoms with van der Waals surface area (Å²) in [4.78, 5) is 56.5. The summed E-state index contributed by atoms with van der Waals surface area (Å²) in [6, 6.07) is 0. The Balaban J connectivity index is 2.92. The lowest BCUT2D eigenvalue weighted by molar-refractivity contribution is -0.139.